The largest absolute Gasteiger partial charge is 0.370 e. The number of nitrogens with two attached hydrogens (primary N) is 1. The molecule has 0 atom stereocenters. The van der Waals surface area contributed by atoms with Gasteiger partial charge in [0.05, 0.1) is 6.54 Å². The molecule has 0 aliphatic carbocycles. The van der Waals surface area contributed by atoms with Crippen molar-refractivity contribution in [3.63, 3.8) is 0 Å². The lowest BCUT2D eigenvalue weighted by molar-refractivity contribution is 1.04. The molecule has 118 valence electrons. The second-order valence-corrected chi connectivity index (χ2v) is 5.56. The molecule has 0 radical (unpaired) electrons. The maximum atomic E-state index is 5.96. The summed E-state index contributed by atoms with van der Waals surface area (Å²) in [5, 5.41) is 3.14. The number of halogens is 1. The van der Waals surface area contributed by atoms with Crippen LogP contribution in [0.25, 0.3) is 0 Å². The van der Waals surface area contributed by atoms with Crippen molar-refractivity contribution < 1.29 is 0 Å². The van der Waals surface area contributed by atoms with Crippen LogP contribution in [0.4, 0.5) is 5.69 Å². The van der Waals surface area contributed by atoms with E-state index in [0.29, 0.717) is 12.5 Å². The van der Waals surface area contributed by atoms with Crippen LogP contribution in [-0.2, 0) is 6.54 Å². The zero-order chi connectivity index (χ0) is 15.4. The quantitative estimate of drug-likeness (QED) is 0.447. The third-order valence-electron chi connectivity index (χ3n) is 3.70. The van der Waals surface area contributed by atoms with Crippen molar-refractivity contribution in [3.05, 3.63) is 64.2 Å². The summed E-state index contributed by atoms with van der Waals surface area (Å²) in [5.74, 6) is 0.443. The van der Waals surface area contributed by atoms with Crippen molar-refractivity contribution >= 4 is 35.6 Å². The molecule has 0 saturated heterocycles. The standard InChI is InChI=1S/C18H23N3.HI/c1-12-5-7-16(15(4)9-12)11-20-18(19)21-17-8-6-13(2)14(3)10-17;/h5-10H,11H2,1-4H3,(H3,19,20,21);1H. The fourth-order valence-electron chi connectivity index (χ4n) is 2.20. The van der Waals surface area contributed by atoms with Crippen molar-refractivity contribution in [2.45, 2.75) is 34.2 Å². The normalized spacial score (nSPS) is 11.0. The van der Waals surface area contributed by atoms with Crippen LogP contribution in [-0.4, -0.2) is 5.96 Å². The average Bonchev–Trinajstić information content (AvgIpc) is 2.42. The van der Waals surface area contributed by atoms with Gasteiger partial charge in [-0.1, -0.05) is 29.8 Å². The van der Waals surface area contributed by atoms with Crippen LogP contribution >= 0.6 is 24.0 Å². The van der Waals surface area contributed by atoms with Gasteiger partial charge in [-0.05, 0) is 62.1 Å². The maximum Gasteiger partial charge on any atom is 0.193 e. The third kappa shape index (κ3) is 5.02. The average molecular weight is 409 g/mol. The van der Waals surface area contributed by atoms with Crippen molar-refractivity contribution in [3.8, 4) is 0 Å². The molecule has 3 N–H and O–H groups in total. The molecule has 0 aromatic heterocycles. The van der Waals surface area contributed by atoms with Crippen LogP contribution < -0.4 is 11.1 Å². The van der Waals surface area contributed by atoms with Gasteiger partial charge in [0.25, 0.3) is 0 Å². The van der Waals surface area contributed by atoms with Crippen molar-refractivity contribution in [1.82, 2.24) is 0 Å². The highest BCUT2D eigenvalue weighted by atomic mass is 127. The lowest BCUT2D eigenvalue weighted by Crippen LogP contribution is -2.22. The van der Waals surface area contributed by atoms with Crippen LogP contribution in [0.2, 0.25) is 0 Å². The fraction of sp³-hybridized carbons (Fsp3) is 0.278. The van der Waals surface area contributed by atoms with Crippen LogP contribution in [0.3, 0.4) is 0 Å². The van der Waals surface area contributed by atoms with Crippen LogP contribution in [0.1, 0.15) is 27.8 Å². The molecular formula is C18H24IN3. The molecule has 0 heterocycles. The molecule has 0 bridgehead atoms. The molecule has 22 heavy (non-hydrogen) atoms. The van der Waals surface area contributed by atoms with Gasteiger partial charge in [-0.15, -0.1) is 24.0 Å². The summed E-state index contributed by atoms with van der Waals surface area (Å²) < 4.78 is 0. The molecule has 0 saturated carbocycles. The molecule has 0 spiro atoms. The molecule has 0 aliphatic heterocycles. The van der Waals surface area contributed by atoms with E-state index in [0.717, 1.165) is 5.69 Å². The third-order valence-corrected chi connectivity index (χ3v) is 3.70. The highest BCUT2D eigenvalue weighted by Gasteiger charge is 2.00. The molecule has 0 aliphatic rings. The number of benzene rings is 2. The molecule has 2 aromatic rings. The maximum absolute atomic E-state index is 5.96. The van der Waals surface area contributed by atoms with Gasteiger partial charge in [0.2, 0.25) is 0 Å². The Morgan fingerprint density at radius 1 is 0.955 bits per heavy atom. The molecule has 0 amide bonds. The number of hydrogen-bond acceptors (Lipinski definition) is 1. The Kier molecular flexibility index (Phi) is 6.87. The van der Waals surface area contributed by atoms with Gasteiger partial charge in [0, 0.05) is 5.69 Å². The zero-order valence-electron chi connectivity index (χ0n) is 13.6. The summed E-state index contributed by atoms with van der Waals surface area (Å²) >= 11 is 0. The van der Waals surface area contributed by atoms with Gasteiger partial charge in [0.15, 0.2) is 5.96 Å². The molecule has 0 fully saturated rings. The van der Waals surface area contributed by atoms with Gasteiger partial charge < -0.3 is 11.1 Å². The monoisotopic (exact) mass is 409 g/mol. The number of aliphatic imine (C=N–C) groups is 1. The summed E-state index contributed by atoms with van der Waals surface area (Å²) in [6.45, 7) is 8.97. The summed E-state index contributed by atoms with van der Waals surface area (Å²) in [7, 11) is 0. The van der Waals surface area contributed by atoms with Gasteiger partial charge >= 0.3 is 0 Å². The zero-order valence-corrected chi connectivity index (χ0v) is 15.9. The molecule has 4 heteroatoms. The Bertz CT molecular complexity index is 678. The molecular weight excluding hydrogens is 385 g/mol. The lowest BCUT2D eigenvalue weighted by atomic mass is 10.1. The number of anilines is 1. The second-order valence-electron chi connectivity index (χ2n) is 5.56. The molecule has 2 rings (SSSR count). The first-order valence-electron chi connectivity index (χ1n) is 7.16. The van der Waals surface area contributed by atoms with Gasteiger partial charge in [0.1, 0.15) is 0 Å². The number of hydrogen-bond donors (Lipinski definition) is 2. The van der Waals surface area contributed by atoms with Gasteiger partial charge in [-0.2, -0.15) is 0 Å². The number of aryl methyl sites for hydroxylation is 4. The topological polar surface area (TPSA) is 50.4 Å². The van der Waals surface area contributed by atoms with Crippen molar-refractivity contribution in [2.24, 2.45) is 10.7 Å². The van der Waals surface area contributed by atoms with E-state index in [-0.39, 0.29) is 24.0 Å². The Morgan fingerprint density at radius 3 is 2.32 bits per heavy atom. The number of nitrogens with one attached hydrogen (secondary N) is 1. The predicted molar refractivity (Wildman–Crippen MR) is 106 cm³/mol. The van der Waals surface area contributed by atoms with E-state index in [1.807, 2.05) is 6.07 Å². The van der Waals surface area contributed by atoms with Crippen LogP contribution in [0, 0.1) is 27.7 Å². The highest BCUT2D eigenvalue weighted by molar-refractivity contribution is 14.0. The summed E-state index contributed by atoms with van der Waals surface area (Å²) in [4.78, 5) is 4.42. The summed E-state index contributed by atoms with van der Waals surface area (Å²) in [6.07, 6.45) is 0. The lowest BCUT2D eigenvalue weighted by Gasteiger charge is -2.09. The highest BCUT2D eigenvalue weighted by Crippen LogP contribution is 2.14. The minimum absolute atomic E-state index is 0. The SMILES string of the molecule is Cc1ccc(CN=C(N)Nc2ccc(C)c(C)c2)c(C)c1.I. The van der Waals surface area contributed by atoms with Crippen LogP contribution in [0.15, 0.2) is 41.4 Å². The first-order chi connectivity index (χ1) is 9.95. The smallest absolute Gasteiger partial charge is 0.193 e. The van der Waals surface area contributed by atoms with Gasteiger partial charge in [-0.3, -0.25) is 0 Å². The van der Waals surface area contributed by atoms with E-state index in [4.69, 9.17) is 5.73 Å². The first kappa shape index (κ1) is 18.5. The molecule has 3 nitrogen and oxygen atoms in total. The Morgan fingerprint density at radius 2 is 1.68 bits per heavy atom. The van der Waals surface area contributed by atoms with Gasteiger partial charge in [-0.25, -0.2) is 4.99 Å². The van der Waals surface area contributed by atoms with E-state index in [2.05, 4.69) is 68.3 Å². The second kappa shape index (κ2) is 8.17. The van der Waals surface area contributed by atoms with Crippen molar-refractivity contribution in [1.29, 1.82) is 0 Å². The van der Waals surface area contributed by atoms with E-state index in [1.54, 1.807) is 0 Å². The Hall–Kier alpha value is -1.56. The number of nitrogens with zero attached hydrogens (tertiary/aromatic N) is 1. The first-order valence-corrected chi connectivity index (χ1v) is 7.16. The molecule has 2 aromatic carbocycles. The predicted octanol–water partition coefficient (Wildman–Crippen LogP) is 4.47. The minimum Gasteiger partial charge on any atom is -0.370 e. The Balaban J connectivity index is 0.00000242. The van der Waals surface area contributed by atoms with E-state index < -0.39 is 0 Å². The van der Waals surface area contributed by atoms with E-state index in [9.17, 15) is 0 Å². The van der Waals surface area contributed by atoms with E-state index in [1.165, 1.54) is 27.8 Å². The summed E-state index contributed by atoms with van der Waals surface area (Å²) in [6, 6.07) is 12.5. The number of guanidine groups is 1. The number of rotatable bonds is 3. The molecule has 0 unspecified atom stereocenters. The van der Waals surface area contributed by atoms with Crippen molar-refractivity contribution in [2.75, 3.05) is 5.32 Å². The van der Waals surface area contributed by atoms with E-state index >= 15 is 0 Å². The van der Waals surface area contributed by atoms with Crippen LogP contribution in [0.5, 0.6) is 0 Å². The minimum atomic E-state index is 0. The summed E-state index contributed by atoms with van der Waals surface area (Å²) in [5.41, 5.74) is 13.2. The Labute approximate surface area is 150 Å². The fourth-order valence-corrected chi connectivity index (χ4v) is 2.20.